The number of hydrogen-bond acceptors (Lipinski definition) is 0. The van der Waals surface area contributed by atoms with E-state index in [4.69, 9.17) is 0 Å². The molecule has 9 aromatic carbocycles. The van der Waals surface area contributed by atoms with E-state index in [1.165, 1.54) is 105 Å². The minimum absolute atomic E-state index is 1.04. The number of rotatable bonds is 10. The number of allylic oxidation sites excluding steroid dienone is 8. The van der Waals surface area contributed by atoms with E-state index in [0.717, 1.165) is 42.8 Å². The molecule has 0 bridgehead atoms. The molecule has 72 heavy (non-hydrogen) atoms. The summed E-state index contributed by atoms with van der Waals surface area (Å²) < 4.78 is 4.86. The van der Waals surface area contributed by atoms with E-state index in [1.807, 2.05) is 0 Å². The molecule has 2 aromatic heterocycles. The van der Waals surface area contributed by atoms with E-state index in [0.29, 0.717) is 0 Å². The first kappa shape index (κ1) is 43.1. The molecule has 0 saturated heterocycles. The average molecular weight is 921 g/mol. The zero-order chi connectivity index (χ0) is 47.8. The van der Waals surface area contributed by atoms with Gasteiger partial charge in [0.05, 0.1) is 17.1 Å². The van der Waals surface area contributed by atoms with Crippen LogP contribution in [0.1, 0.15) is 37.1 Å². The minimum Gasteiger partial charge on any atom is -0.310 e. The number of benzene rings is 9. The largest absolute Gasteiger partial charge is 0.310 e. The Morgan fingerprint density at radius 2 is 0.750 bits per heavy atom. The Kier molecular flexibility index (Phi) is 11.2. The molecule has 0 amide bonds. The smallest absolute Gasteiger partial charge is 0.0535 e. The van der Waals surface area contributed by atoms with E-state index >= 15 is 0 Å². The molecule has 13 rings (SSSR count). The van der Waals surface area contributed by atoms with Gasteiger partial charge in [0, 0.05) is 17.1 Å². The van der Waals surface area contributed by atoms with Crippen LogP contribution in [0.5, 0.6) is 0 Å². The second-order valence-corrected chi connectivity index (χ2v) is 19.0. The van der Waals surface area contributed by atoms with Gasteiger partial charge in [-0.2, -0.15) is 0 Å². The fourth-order valence-corrected chi connectivity index (χ4v) is 11.2. The van der Waals surface area contributed by atoms with Crippen molar-refractivity contribution < 1.29 is 0 Å². The van der Waals surface area contributed by atoms with Crippen LogP contribution in [0.2, 0.25) is 0 Å². The number of fused-ring (bicyclic) bond motifs is 2. The van der Waals surface area contributed by atoms with Crippen LogP contribution in [0.4, 0.5) is 0 Å². The zero-order valence-electron chi connectivity index (χ0n) is 40.1. The summed E-state index contributed by atoms with van der Waals surface area (Å²) >= 11 is 0. The van der Waals surface area contributed by atoms with Crippen molar-refractivity contribution in [3.63, 3.8) is 0 Å². The molecule has 2 heteroatoms. The normalized spacial score (nSPS) is 13.4. The highest BCUT2D eigenvalue weighted by Gasteiger charge is 2.21. The van der Waals surface area contributed by atoms with Crippen LogP contribution >= 0.6 is 0 Å². The van der Waals surface area contributed by atoms with Gasteiger partial charge in [0.1, 0.15) is 0 Å². The maximum absolute atomic E-state index is 2.47. The highest BCUT2D eigenvalue weighted by atomic mass is 15.0. The molecule has 2 nitrogen and oxygen atoms in total. The van der Waals surface area contributed by atoms with E-state index in [9.17, 15) is 0 Å². The van der Waals surface area contributed by atoms with Gasteiger partial charge in [-0.25, -0.2) is 0 Å². The molecule has 0 atom stereocenters. The molecule has 11 aromatic rings. The Balaban J connectivity index is 0.953. The van der Waals surface area contributed by atoms with E-state index in [1.54, 1.807) is 0 Å². The monoisotopic (exact) mass is 920 g/mol. The van der Waals surface area contributed by atoms with Gasteiger partial charge in [-0.05, 0) is 175 Å². The zero-order valence-corrected chi connectivity index (χ0v) is 40.1. The predicted octanol–water partition coefficient (Wildman–Crippen LogP) is 19.0. The lowest BCUT2D eigenvalue weighted by molar-refractivity contribution is 0.976. The number of hydrogen-bond donors (Lipinski definition) is 0. The molecule has 0 saturated carbocycles. The quantitative estimate of drug-likeness (QED) is 0.121. The first-order chi connectivity index (χ1) is 35.7. The fourth-order valence-electron chi connectivity index (χ4n) is 11.2. The third kappa shape index (κ3) is 7.88. The molecule has 2 aliphatic rings. The van der Waals surface area contributed by atoms with Crippen molar-refractivity contribution >= 4 is 32.7 Å². The standard InChI is InChI=1S/C70H52N2/c1-7-19-51(20-8-1)65-43-44-66(52-21-9-2-10-22-52)71(65)59-37-31-49(32-38-59)57-35-41-61-63(47-57)70(56-29-17-6-18-30-56)64-48-58(36-42-62(64)69(61)55-27-15-5-16-28-55)50-33-39-60(40-34-50)72-67(53-23-11-3-12-24-53)45-46-68(72)54-25-13-4-14-26-54/h1-3,5-11,13,15-23,25-48H,4,12,14,24H2. The van der Waals surface area contributed by atoms with Gasteiger partial charge >= 0.3 is 0 Å². The topological polar surface area (TPSA) is 9.86 Å². The lowest BCUT2D eigenvalue weighted by atomic mass is 9.84. The SMILES string of the molecule is C1=CCCC(c2ccc(C3=CCCC=C3)n2-c2ccc(-c3ccc4c(-c5ccccc5)c5ccc(-c6ccc(-n7c(-c8ccccc8)ccc7-c7ccccc7)cc6)cc5c(-c5ccccc5)c4c3)cc2)=C1. The summed E-state index contributed by atoms with van der Waals surface area (Å²) in [5.74, 6) is 0. The van der Waals surface area contributed by atoms with Gasteiger partial charge in [0.15, 0.2) is 0 Å². The molecule has 0 fully saturated rings. The summed E-state index contributed by atoms with van der Waals surface area (Å²) in [4.78, 5) is 0. The first-order valence-corrected chi connectivity index (χ1v) is 25.4. The maximum Gasteiger partial charge on any atom is 0.0535 e. The average Bonchev–Trinajstić information content (AvgIpc) is 4.12. The Hall–Kier alpha value is -8.98. The maximum atomic E-state index is 2.47. The van der Waals surface area contributed by atoms with Crippen molar-refractivity contribution in [2.24, 2.45) is 0 Å². The Morgan fingerprint density at radius 1 is 0.306 bits per heavy atom. The van der Waals surface area contributed by atoms with Crippen molar-refractivity contribution in [1.82, 2.24) is 9.13 Å². The summed E-state index contributed by atoms with van der Waals surface area (Å²) in [6.45, 7) is 0. The number of aromatic nitrogens is 2. The molecule has 0 unspecified atom stereocenters. The van der Waals surface area contributed by atoms with Gasteiger partial charge in [-0.3, -0.25) is 0 Å². The molecule has 0 spiro atoms. The van der Waals surface area contributed by atoms with Crippen LogP contribution < -0.4 is 0 Å². The second-order valence-electron chi connectivity index (χ2n) is 19.0. The summed E-state index contributed by atoms with van der Waals surface area (Å²) in [6, 6.07) is 85.0. The third-order valence-electron chi connectivity index (χ3n) is 14.7. The molecule has 2 aliphatic carbocycles. The summed E-state index contributed by atoms with van der Waals surface area (Å²) in [5.41, 5.74) is 21.8. The van der Waals surface area contributed by atoms with Crippen molar-refractivity contribution in [2.75, 3.05) is 0 Å². The lowest BCUT2D eigenvalue weighted by Crippen LogP contribution is -2.05. The van der Waals surface area contributed by atoms with Gasteiger partial charge in [-0.15, -0.1) is 0 Å². The van der Waals surface area contributed by atoms with Gasteiger partial charge in [-0.1, -0.05) is 206 Å². The highest BCUT2D eigenvalue weighted by Crippen LogP contribution is 2.46. The minimum atomic E-state index is 1.04. The van der Waals surface area contributed by atoms with Gasteiger partial charge in [0.2, 0.25) is 0 Å². The van der Waals surface area contributed by atoms with Crippen molar-refractivity contribution in [1.29, 1.82) is 0 Å². The van der Waals surface area contributed by atoms with Gasteiger partial charge < -0.3 is 9.13 Å². The van der Waals surface area contributed by atoms with Gasteiger partial charge in [0.25, 0.3) is 0 Å². The van der Waals surface area contributed by atoms with Crippen LogP contribution in [-0.2, 0) is 0 Å². The molecule has 342 valence electrons. The third-order valence-corrected chi connectivity index (χ3v) is 14.7. The molecule has 0 N–H and O–H groups in total. The van der Waals surface area contributed by atoms with E-state index in [2.05, 4.69) is 276 Å². The Bertz CT molecular complexity index is 3840. The number of nitrogens with zero attached hydrogens (tertiary/aromatic N) is 2. The van der Waals surface area contributed by atoms with Crippen molar-refractivity contribution in [3.8, 4) is 78.4 Å². The summed E-state index contributed by atoms with van der Waals surface area (Å²) in [6.07, 6.45) is 18.0. The summed E-state index contributed by atoms with van der Waals surface area (Å²) in [5, 5.41) is 4.95. The van der Waals surface area contributed by atoms with Crippen LogP contribution in [-0.4, -0.2) is 9.13 Å². The molecular formula is C70H52N2. The van der Waals surface area contributed by atoms with Crippen LogP contribution in [0.15, 0.2) is 267 Å². The first-order valence-electron chi connectivity index (χ1n) is 25.4. The predicted molar refractivity (Wildman–Crippen MR) is 305 cm³/mol. The van der Waals surface area contributed by atoms with E-state index in [-0.39, 0.29) is 0 Å². The molecular weight excluding hydrogens is 869 g/mol. The Labute approximate surface area is 422 Å². The fraction of sp³-hybridized carbons (Fsp3) is 0.0571. The lowest BCUT2D eigenvalue weighted by Gasteiger charge is -2.20. The Morgan fingerprint density at radius 3 is 1.22 bits per heavy atom. The summed E-state index contributed by atoms with van der Waals surface area (Å²) in [7, 11) is 0. The highest BCUT2D eigenvalue weighted by molar-refractivity contribution is 6.22. The second kappa shape index (κ2) is 18.7. The van der Waals surface area contributed by atoms with Crippen LogP contribution in [0, 0.1) is 0 Å². The molecule has 2 heterocycles. The van der Waals surface area contributed by atoms with Crippen molar-refractivity contribution in [2.45, 2.75) is 25.7 Å². The molecule has 0 radical (unpaired) electrons. The van der Waals surface area contributed by atoms with E-state index < -0.39 is 0 Å². The van der Waals surface area contributed by atoms with Crippen molar-refractivity contribution in [3.05, 3.63) is 278 Å². The van der Waals surface area contributed by atoms with Crippen LogP contribution in [0.25, 0.3) is 111 Å². The molecule has 0 aliphatic heterocycles. The van der Waals surface area contributed by atoms with Crippen LogP contribution in [0.3, 0.4) is 0 Å².